The molecule has 8 heteroatoms. The van der Waals surface area contributed by atoms with Crippen molar-refractivity contribution in [2.24, 2.45) is 5.92 Å². The molecule has 0 spiro atoms. The second kappa shape index (κ2) is 8.87. The molecule has 1 fully saturated rings. The summed E-state index contributed by atoms with van der Waals surface area (Å²) in [5.41, 5.74) is 1.77. The Bertz CT molecular complexity index is 1040. The maximum Gasteiger partial charge on any atom is 0.244 e. The van der Waals surface area contributed by atoms with E-state index in [4.69, 9.17) is 23.2 Å². The van der Waals surface area contributed by atoms with Crippen molar-refractivity contribution < 1.29 is 13.2 Å². The minimum atomic E-state index is -3.76. The van der Waals surface area contributed by atoms with Crippen LogP contribution in [0, 0.1) is 5.92 Å². The molecule has 1 N–H and O–H groups in total. The van der Waals surface area contributed by atoms with Gasteiger partial charge < -0.3 is 5.32 Å². The minimum absolute atomic E-state index is 0.00123. The molecule has 30 heavy (non-hydrogen) atoms. The Hall–Kier alpha value is -1.60. The lowest BCUT2D eigenvalue weighted by molar-refractivity contribution is -0.120. The van der Waals surface area contributed by atoms with Crippen molar-refractivity contribution in [3.8, 4) is 0 Å². The molecule has 0 aromatic heterocycles. The average Bonchev–Trinajstić information content (AvgIpc) is 2.69. The lowest BCUT2D eigenvalue weighted by Crippen LogP contribution is -2.41. The van der Waals surface area contributed by atoms with Gasteiger partial charge in [-0.1, -0.05) is 62.2 Å². The zero-order valence-electron chi connectivity index (χ0n) is 17.3. The van der Waals surface area contributed by atoms with E-state index in [1.165, 1.54) is 16.4 Å². The zero-order chi connectivity index (χ0) is 22.1. The van der Waals surface area contributed by atoms with E-state index >= 15 is 0 Å². The maximum absolute atomic E-state index is 13.0. The molecule has 0 bridgehead atoms. The summed E-state index contributed by atoms with van der Waals surface area (Å²) in [6, 6.07) is 12.2. The van der Waals surface area contributed by atoms with Crippen LogP contribution in [0.4, 0.5) is 5.69 Å². The Morgan fingerprint density at radius 3 is 2.33 bits per heavy atom. The second-order valence-electron chi connectivity index (χ2n) is 8.54. The van der Waals surface area contributed by atoms with Gasteiger partial charge in [-0.15, -0.1) is 0 Å². The molecule has 1 saturated heterocycles. The molecule has 1 aliphatic heterocycles. The van der Waals surface area contributed by atoms with E-state index in [2.05, 4.69) is 26.1 Å². The predicted molar refractivity (Wildman–Crippen MR) is 122 cm³/mol. The van der Waals surface area contributed by atoms with E-state index in [1.807, 2.05) is 24.3 Å². The topological polar surface area (TPSA) is 66.5 Å². The highest BCUT2D eigenvalue weighted by Gasteiger charge is 2.33. The molecule has 0 atom stereocenters. The van der Waals surface area contributed by atoms with Gasteiger partial charge in [0.2, 0.25) is 15.9 Å². The van der Waals surface area contributed by atoms with Crippen LogP contribution in [0.2, 0.25) is 10.0 Å². The van der Waals surface area contributed by atoms with Crippen LogP contribution in [0.3, 0.4) is 0 Å². The standard InChI is InChI=1S/C22H26Cl2N2O3S/c1-22(2,3)17-6-4-5-7-19(17)25-21(27)15-10-12-26(13-11-15)30(28,29)20-14-16(23)8-9-18(20)24/h4-9,14-15H,10-13H2,1-3H3,(H,25,27). The number of nitrogens with one attached hydrogen (secondary N) is 1. The largest absolute Gasteiger partial charge is 0.326 e. The predicted octanol–water partition coefficient (Wildman–Crippen LogP) is 5.33. The highest BCUT2D eigenvalue weighted by atomic mass is 35.5. The second-order valence-corrected chi connectivity index (χ2v) is 11.3. The number of halogens is 2. The third kappa shape index (κ3) is 4.99. The highest BCUT2D eigenvalue weighted by Crippen LogP contribution is 2.32. The molecule has 5 nitrogen and oxygen atoms in total. The minimum Gasteiger partial charge on any atom is -0.326 e. The molecule has 162 valence electrons. The first-order chi connectivity index (χ1) is 14.0. The molecule has 1 amide bonds. The van der Waals surface area contributed by atoms with E-state index in [-0.39, 0.29) is 40.2 Å². The number of sulfonamides is 1. The molecule has 1 heterocycles. The molecular formula is C22H26Cl2N2O3S. The van der Waals surface area contributed by atoms with Crippen LogP contribution in [0.1, 0.15) is 39.2 Å². The first kappa shape index (κ1) is 23.1. The number of nitrogens with zero attached hydrogens (tertiary/aromatic N) is 1. The van der Waals surface area contributed by atoms with Crippen molar-refractivity contribution >= 4 is 44.8 Å². The molecular weight excluding hydrogens is 443 g/mol. The van der Waals surface area contributed by atoms with Gasteiger partial charge in [0.15, 0.2) is 0 Å². The molecule has 1 aliphatic rings. The third-order valence-corrected chi connectivity index (χ3v) is 7.94. The first-order valence-corrected chi connectivity index (χ1v) is 12.1. The van der Waals surface area contributed by atoms with Crippen molar-refractivity contribution in [3.63, 3.8) is 0 Å². The summed E-state index contributed by atoms with van der Waals surface area (Å²) >= 11 is 12.0. The highest BCUT2D eigenvalue weighted by molar-refractivity contribution is 7.89. The lowest BCUT2D eigenvalue weighted by Gasteiger charge is -2.31. The molecule has 2 aromatic rings. The van der Waals surface area contributed by atoms with Crippen molar-refractivity contribution in [1.29, 1.82) is 0 Å². The van der Waals surface area contributed by atoms with Gasteiger partial charge in [0.05, 0.1) is 5.02 Å². The summed E-state index contributed by atoms with van der Waals surface area (Å²) in [7, 11) is -3.76. The Balaban J connectivity index is 1.69. The molecule has 0 unspecified atom stereocenters. The fourth-order valence-corrected chi connectivity index (χ4v) is 5.86. The number of anilines is 1. The van der Waals surface area contributed by atoms with Crippen LogP contribution in [0.25, 0.3) is 0 Å². The van der Waals surface area contributed by atoms with Gasteiger partial charge in [0.25, 0.3) is 0 Å². The fourth-order valence-electron chi connectivity index (χ4n) is 3.65. The average molecular weight is 469 g/mol. The molecule has 0 aliphatic carbocycles. The fraction of sp³-hybridized carbons (Fsp3) is 0.409. The van der Waals surface area contributed by atoms with Crippen molar-refractivity contribution in [2.45, 2.75) is 43.9 Å². The lowest BCUT2D eigenvalue weighted by atomic mass is 9.85. The number of amides is 1. The van der Waals surface area contributed by atoms with E-state index in [1.54, 1.807) is 6.07 Å². The normalized spacial score (nSPS) is 16.4. The molecule has 0 radical (unpaired) electrons. The van der Waals surface area contributed by atoms with E-state index in [0.29, 0.717) is 17.9 Å². The van der Waals surface area contributed by atoms with Gasteiger partial charge in [0.1, 0.15) is 4.90 Å². The van der Waals surface area contributed by atoms with Gasteiger partial charge in [-0.05, 0) is 48.1 Å². The van der Waals surface area contributed by atoms with Gasteiger partial charge in [-0.2, -0.15) is 4.31 Å². The smallest absolute Gasteiger partial charge is 0.244 e. The summed E-state index contributed by atoms with van der Waals surface area (Å²) in [5, 5.41) is 3.49. The Kier molecular flexibility index (Phi) is 6.82. The van der Waals surface area contributed by atoms with Gasteiger partial charge in [-0.3, -0.25) is 4.79 Å². The van der Waals surface area contributed by atoms with Crippen LogP contribution in [0.15, 0.2) is 47.4 Å². The number of rotatable bonds is 4. The summed E-state index contributed by atoms with van der Waals surface area (Å²) < 4.78 is 27.3. The monoisotopic (exact) mass is 468 g/mol. The summed E-state index contributed by atoms with van der Waals surface area (Å²) in [6.07, 6.45) is 0.891. The van der Waals surface area contributed by atoms with Crippen molar-refractivity contribution in [3.05, 3.63) is 58.1 Å². The number of hydrogen-bond acceptors (Lipinski definition) is 3. The molecule has 3 rings (SSSR count). The van der Waals surface area contributed by atoms with Crippen molar-refractivity contribution in [2.75, 3.05) is 18.4 Å². The molecule has 0 saturated carbocycles. The Morgan fingerprint density at radius 1 is 1.07 bits per heavy atom. The number of para-hydroxylation sites is 1. The summed E-state index contributed by atoms with van der Waals surface area (Å²) in [5.74, 6) is -0.330. The third-order valence-electron chi connectivity index (χ3n) is 5.33. The van der Waals surface area contributed by atoms with E-state index < -0.39 is 10.0 Å². The van der Waals surface area contributed by atoms with Gasteiger partial charge in [-0.25, -0.2) is 8.42 Å². The quantitative estimate of drug-likeness (QED) is 0.658. The van der Waals surface area contributed by atoms with Gasteiger partial charge >= 0.3 is 0 Å². The molecule has 2 aromatic carbocycles. The first-order valence-electron chi connectivity index (χ1n) is 9.86. The van der Waals surface area contributed by atoms with Crippen LogP contribution < -0.4 is 5.32 Å². The van der Waals surface area contributed by atoms with E-state index in [9.17, 15) is 13.2 Å². The summed E-state index contributed by atoms with van der Waals surface area (Å²) in [6.45, 7) is 6.81. The SMILES string of the molecule is CC(C)(C)c1ccccc1NC(=O)C1CCN(S(=O)(=O)c2cc(Cl)ccc2Cl)CC1. The Labute approximate surface area is 188 Å². The maximum atomic E-state index is 13.0. The Morgan fingerprint density at radius 2 is 1.70 bits per heavy atom. The number of carbonyl (C=O) groups excluding carboxylic acids is 1. The zero-order valence-corrected chi connectivity index (χ0v) is 19.6. The van der Waals surface area contributed by atoms with Gasteiger partial charge in [0, 0.05) is 29.7 Å². The number of carbonyl (C=O) groups is 1. The van der Waals surface area contributed by atoms with E-state index in [0.717, 1.165) is 11.3 Å². The number of piperidine rings is 1. The number of benzene rings is 2. The number of hydrogen-bond donors (Lipinski definition) is 1. The van der Waals surface area contributed by atoms with Crippen LogP contribution >= 0.6 is 23.2 Å². The summed E-state index contributed by atoms with van der Waals surface area (Å²) in [4.78, 5) is 12.9. The van der Waals surface area contributed by atoms with Crippen LogP contribution in [0.5, 0.6) is 0 Å². The van der Waals surface area contributed by atoms with Crippen LogP contribution in [-0.2, 0) is 20.2 Å². The van der Waals surface area contributed by atoms with Crippen molar-refractivity contribution in [1.82, 2.24) is 4.31 Å². The van der Waals surface area contributed by atoms with Crippen LogP contribution in [-0.4, -0.2) is 31.7 Å².